The highest BCUT2D eigenvalue weighted by Crippen LogP contribution is 2.24. The van der Waals surface area contributed by atoms with Crippen molar-refractivity contribution >= 4 is 28.4 Å². The van der Waals surface area contributed by atoms with Crippen molar-refractivity contribution in [1.29, 1.82) is 0 Å². The quantitative estimate of drug-likeness (QED) is 0.434. The van der Waals surface area contributed by atoms with E-state index in [0.29, 0.717) is 27.8 Å². The van der Waals surface area contributed by atoms with E-state index in [0.717, 1.165) is 11.3 Å². The number of aromatic nitrogens is 4. The number of hydrogen-bond donors (Lipinski definition) is 2. The fourth-order valence-electron chi connectivity index (χ4n) is 3.53. The van der Waals surface area contributed by atoms with E-state index in [1.807, 2.05) is 65.9 Å². The molecule has 8 heteroatoms. The summed E-state index contributed by atoms with van der Waals surface area (Å²) in [6.45, 7) is 1.92. The van der Waals surface area contributed by atoms with Crippen molar-refractivity contribution in [2.45, 2.75) is 6.92 Å². The van der Waals surface area contributed by atoms with Crippen LogP contribution in [0.1, 0.15) is 26.5 Å². The number of hydrogen-bond acceptors (Lipinski definition) is 5. The zero-order chi connectivity index (χ0) is 22.1. The van der Waals surface area contributed by atoms with E-state index in [-0.39, 0.29) is 5.69 Å². The Balaban J connectivity index is 1.43. The topological polar surface area (TPSA) is 101 Å². The van der Waals surface area contributed by atoms with Crippen molar-refractivity contribution in [3.8, 4) is 11.3 Å². The van der Waals surface area contributed by atoms with Gasteiger partial charge in [0.2, 0.25) is 0 Å². The lowest BCUT2D eigenvalue weighted by molar-refractivity contribution is 0.0845. The number of fused-ring (bicyclic) bond motifs is 2. The lowest BCUT2D eigenvalue weighted by Crippen LogP contribution is -2.41. The van der Waals surface area contributed by atoms with Gasteiger partial charge in [-0.05, 0) is 43.3 Å². The summed E-state index contributed by atoms with van der Waals surface area (Å²) in [4.78, 5) is 38.7. The molecule has 5 aromatic rings. The molecule has 0 unspecified atom stereocenters. The molecule has 0 radical (unpaired) electrons. The Labute approximate surface area is 182 Å². The van der Waals surface area contributed by atoms with E-state index in [2.05, 4.69) is 25.8 Å². The first-order valence-corrected chi connectivity index (χ1v) is 9.96. The van der Waals surface area contributed by atoms with Crippen LogP contribution in [0.5, 0.6) is 0 Å². The van der Waals surface area contributed by atoms with Crippen molar-refractivity contribution in [2.75, 3.05) is 0 Å². The summed E-state index contributed by atoms with van der Waals surface area (Å²) in [5.74, 6) is -0.964. The van der Waals surface area contributed by atoms with E-state index < -0.39 is 11.8 Å². The molecule has 2 N–H and O–H groups in total. The normalized spacial score (nSPS) is 10.9. The van der Waals surface area contributed by atoms with E-state index >= 15 is 0 Å². The maximum atomic E-state index is 13.0. The fraction of sp³-hybridized carbons (Fsp3) is 0.0417. The van der Waals surface area contributed by atoms with Gasteiger partial charge in [-0.1, -0.05) is 24.3 Å². The standard InChI is InChI=1S/C24H18N6O2/c1-15-6-4-10-22-27-21(14-30(15)22)24(32)29-28-23(31)18-12-20(16-7-5-11-25-13-16)26-19-9-3-2-8-17(18)19/h2-14H,1H3,(H,28,31)(H,29,32). The van der Waals surface area contributed by atoms with Crippen molar-refractivity contribution in [3.05, 3.63) is 96.2 Å². The zero-order valence-electron chi connectivity index (χ0n) is 17.1. The molecule has 0 atom stereocenters. The number of carbonyl (C=O) groups excluding carboxylic acids is 2. The molecule has 4 heterocycles. The highest BCUT2D eigenvalue weighted by molar-refractivity contribution is 6.08. The molecular formula is C24H18N6O2. The summed E-state index contributed by atoms with van der Waals surface area (Å²) in [6.07, 6.45) is 5.00. The minimum absolute atomic E-state index is 0.204. The first kappa shape index (κ1) is 19.4. The molecule has 2 amide bonds. The number of imidazole rings is 1. The molecule has 0 spiro atoms. The first-order valence-electron chi connectivity index (χ1n) is 9.96. The second kappa shape index (κ2) is 7.92. The highest BCUT2D eigenvalue weighted by Gasteiger charge is 2.16. The molecule has 0 saturated heterocycles. The van der Waals surface area contributed by atoms with E-state index in [1.165, 1.54) is 0 Å². The number of nitrogens with zero attached hydrogens (tertiary/aromatic N) is 4. The largest absolute Gasteiger partial charge is 0.304 e. The number of hydrazine groups is 1. The molecule has 0 saturated carbocycles. The molecule has 32 heavy (non-hydrogen) atoms. The predicted octanol–water partition coefficient (Wildman–Crippen LogP) is 3.33. The van der Waals surface area contributed by atoms with Crippen LogP contribution in [0, 0.1) is 6.92 Å². The van der Waals surface area contributed by atoms with Crippen molar-refractivity contribution in [2.24, 2.45) is 0 Å². The molecule has 8 nitrogen and oxygen atoms in total. The average molecular weight is 422 g/mol. The number of amides is 2. The van der Waals surface area contributed by atoms with Gasteiger partial charge in [-0.2, -0.15) is 0 Å². The predicted molar refractivity (Wildman–Crippen MR) is 120 cm³/mol. The van der Waals surface area contributed by atoms with Crippen LogP contribution in [-0.2, 0) is 0 Å². The van der Waals surface area contributed by atoms with Gasteiger partial charge in [0.05, 0.1) is 16.8 Å². The van der Waals surface area contributed by atoms with E-state index in [9.17, 15) is 9.59 Å². The van der Waals surface area contributed by atoms with Crippen LogP contribution >= 0.6 is 0 Å². The molecule has 0 aliphatic carbocycles. The summed E-state index contributed by atoms with van der Waals surface area (Å²) < 4.78 is 1.81. The molecule has 5 rings (SSSR count). The van der Waals surface area contributed by atoms with Gasteiger partial charge in [-0.25, -0.2) is 9.97 Å². The molecule has 156 valence electrons. The third-order valence-electron chi connectivity index (χ3n) is 5.14. The molecular weight excluding hydrogens is 404 g/mol. The van der Waals surface area contributed by atoms with Crippen LogP contribution in [-0.4, -0.2) is 31.2 Å². The SMILES string of the molecule is Cc1cccc2nc(C(=O)NNC(=O)c3cc(-c4cccnc4)nc4ccccc34)cn12. The van der Waals surface area contributed by atoms with Crippen LogP contribution in [0.2, 0.25) is 0 Å². The maximum Gasteiger partial charge on any atom is 0.289 e. The molecule has 4 aromatic heterocycles. The monoisotopic (exact) mass is 422 g/mol. The second-order valence-electron chi connectivity index (χ2n) is 7.24. The number of benzene rings is 1. The Bertz CT molecular complexity index is 1480. The van der Waals surface area contributed by atoms with Gasteiger partial charge in [0.1, 0.15) is 11.3 Å². The highest BCUT2D eigenvalue weighted by atomic mass is 16.2. The summed E-state index contributed by atoms with van der Waals surface area (Å²) in [6, 6.07) is 18.3. The molecule has 0 fully saturated rings. The van der Waals surface area contributed by atoms with Crippen molar-refractivity contribution in [1.82, 2.24) is 30.2 Å². The Morgan fingerprint density at radius 1 is 0.906 bits per heavy atom. The molecule has 0 aliphatic rings. The Morgan fingerprint density at radius 2 is 1.75 bits per heavy atom. The van der Waals surface area contributed by atoms with Gasteiger partial charge in [0.25, 0.3) is 11.8 Å². The molecule has 1 aromatic carbocycles. The van der Waals surface area contributed by atoms with Crippen LogP contribution in [0.4, 0.5) is 0 Å². The lowest BCUT2D eigenvalue weighted by atomic mass is 10.0. The van der Waals surface area contributed by atoms with Crippen LogP contribution in [0.25, 0.3) is 27.8 Å². The summed E-state index contributed by atoms with van der Waals surface area (Å²) in [5.41, 5.74) is 9.22. The molecule has 0 bridgehead atoms. The van der Waals surface area contributed by atoms with E-state index in [4.69, 9.17) is 0 Å². The number of para-hydroxylation sites is 1. The fourth-order valence-corrected chi connectivity index (χ4v) is 3.53. The Kier molecular flexibility index (Phi) is 4.79. The second-order valence-corrected chi connectivity index (χ2v) is 7.24. The van der Waals surface area contributed by atoms with Gasteiger partial charge in [0.15, 0.2) is 0 Å². The summed E-state index contributed by atoms with van der Waals surface area (Å²) in [7, 11) is 0. The Morgan fingerprint density at radius 3 is 2.56 bits per heavy atom. The van der Waals surface area contributed by atoms with E-state index in [1.54, 1.807) is 24.7 Å². The first-order chi connectivity index (χ1) is 15.6. The summed E-state index contributed by atoms with van der Waals surface area (Å²) >= 11 is 0. The minimum Gasteiger partial charge on any atom is -0.304 e. The smallest absolute Gasteiger partial charge is 0.289 e. The van der Waals surface area contributed by atoms with Crippen molar-refractivity contribution < 1.29 is 9.59 Å². The van der Waals surface area contributed by atoms with Crippen LogP contribution < -0.4 is 10.9 Å². The number of aryl methyl sites for hydroxylation is 1. The number of carbonyl (C=O) groups is 2. The van der Waals surface area contributed by atoms with Crippen molar-refractivity contribution in [3.63, 3.8) is 0 Å². The third kappa shape index (κ3) is 3.54. The molecule has 0 aliphatic heterocycles. The summed E-state index contributed by atoms with van der Waals surface area (Å²) in [5, 5.41) is 0.676. The van der Waals surface area contributed by atoms with Crippen LogP contribution in [0.15, 0.2) is 79.3 Å². The number of nitrogens with one attached hydrogen (secondary N) is 2. The number of rotatable bonds is 3. The number of pyridine rings is 3. The van der Waals surface area contributed by atoms with Gasteiger partial charge < -0.3 is 4.40 Å². The van der Waals surface area contributed by atoms with Gasteiger partial charge in [0, 0.05) is 35.2 Å². The lowest BCUT2D eigenvalue weighted by Gasteiger charge is -2.11. The minimum atomic E-state index is -0.507. The zero-order valence-corrected chi connectivity index (χ0v) is 17.1. The van der Waals surface area contributed by atoms with Gasteiger partial charge in [-0.3, -0.25) is 25.4 Å². The maximum absolute atomic E-state index is 13.0. The van der Waals surface area contributed by atoms with Gasteiger partial charge in [-0.15, -0.1) is 0 Å². The third-order valence-corrected chi connectivity index (χ3v) is 5.14. The Hall–Kier alpha value is -4.59. The van der Waals surface area contributed by atoms with Gasteiger partial charge >= 0.3 is 0 Å². The average Bonchev–Trinajstić information content (AvgIpc) is 3.28. The van der Waals surface area contributed by atoms with Crippen LogP contribution in [0.3, 0.4) is 0 Å².